The number of hydrogen-bond donors (Lipinski definition) is 2. The lowest BCUT2D eigenvalue weighted by molar-refractivity contribution is 0.120. The van der Waals surface area contributed by atoms with Gasteiger partial charge in [0.1, 0.15) is 0 Å². The first-order chi connectivity index (χ1) is 7.88. The molecule has 1 heterocycles. The highest BCUT2D eigenvalue weighted by molar-refractivity contribution is 5.44. The van der Waals surface area contributed by atoms with Crippen LogP contribution in [0, 0.1) is 0 Å². The van der Waals surface area contributed by atoms with Gasteiger partial charge in [-0.15, -0.1) is 0 Å². The first-order valence-electron chi connectivity index (χ1n) is 6.03. The fourth-order valence-corrected chi connectivity index (χ4v) is 1.99. The maximum atomic E-state index is 5.56. The van der Waals surface area contributed by atoms with Crippen LogP contribution < -0.4 is 11.1 Å². The zero-order valence-electron chi connectivity index (χ0n) is 9.61. The normalized spacial score (nSPS) is 19.9. The molecule has 0 radical (unpaired) electrons. The molecular formula is C13H20N2O. The Kier molecular flexibility index (Phi) is 4.19. The van der Waals surface area contributed by atoms with Crippen molar-refractivity contribution in [3.05, 3.63) is 29.8 Å². The lowest BCUT2D eigenvalue weighted by Crippen LogP contribution is -2.18. The maximum absolute atomic E-state index is 5.56. The summed E-state index contributed by atoms with van der Waals surface area (Å²) < 4.78 is 5.56. The highest BCUT2D eigenvalue weighted by Crippen LogP contribution is 2.14. The van der Waals surface area contributed by atoms with Crippen molar-refractivity contribution in [3.63, 3.8) is 0 Å². The first kappa shape index (κ1) is 11.4. The van der Waals surface area contributed by atoms with Gasteiger partial charge in [0, 0.05) is 18.8 Å². The van der Waals surface area contributed by atoms with Gasteiger partial charge >= 0.3 is 0 Å². The van der Waals surface area contributed by atoms with Gasteiger partial charge in [0.2, 0.25) is 0 Å². The van der Waals surface area contributed by atoms with E-state index in [1.807, 2.05) is 0 Å². The molecule has 3 N–H and O–H groups in total. The molecular weight excluding hydrogens is 200 g/mol. The van der Waals surface area contributed by atoms with Gasteiger partial charge in [0.05, 0.1) is 6.10 Å². The van der Waals surface area contributed by atoms with Crippen LogP contribution in [0.3, 0.4) is 0 Å². The van der Waals surface area contributed by atoms with Crippen LogP contribution in [0.15, 0.2) is 24.3 Å². The van der Waals surface area contributed by atoms with E-state index in [1.54, 1.807) is 0 Å². The second-order valence-corrected chi connectivity index (χ2v) is 4.25. The standard InChI is InChI=1S/C13H20N2O/c14-8-7-11-3-5-12(6-4-11)15-10-13-2-1-9-16-13/h3-6,13,15H,1-2,7-10,14H2. The van der Waals surface area contributed by atoms with Gasteiger partial charge < -0.3 is 15.8 Å². The van der Waals surface area contributed by atoms with Gasteiger partial charge in [-0.25, -0.2) is 0 Å². The van der Waals surface area contributed by atoms with Crippen molar-refractivity contribution in [1.82, 2.24) is 0 Å². The van der Waals surface area contributed by atoms with Gasteiger partial charge in [-0.05, 0) is 43.5 Å². The Morgan fingerprint density at radius 1 is 1.31 bits per heavy atom. The Hall–Kier alpha value is -1.06. The number of anilines is 1. The number of benzene rings is 1. The Morgan fingerprint density at radius 2 is 2.12 bits per heavy atom. The van der Waals surface area contributed by atoms with E-state index in [9.17, 15) is 0 Å². The SMILES string of the molecule is NCCc1ccc(NCC2CCCO2)cc1. The third kappa shape index (κ3) is 3.22. The molecule has 16 heavy (non-hydrogen) atoms. The Bertz CT molecular complexity index is 304. The van der Waals surface area contributed by atoms with Crippen molar-refractivity contribution in [1.29, 1.82) is 0 Å². The fourth-order valence-electron chi connectivity index (χ4n) is 1.99. The highest BCUT2D eigenvalue weighted by atomic mass is 16.5. The Labute approximate surface area is 97.0 Å². The molecule has 0 saturated carbocycles. The summed E-state index contributed by atoms with van der Waals surface area (Å²) in [5, 5.41) is 3.40. The Morgan fingerprint density at radius 3 is 2.75 bits per heavy atom. The van der Waals surface area contributed by atoms with E-state index in [-0.39, 0.29) is 0 Å². The van der Waals surface area contributed by atoms with Crippen LogP contribution in [-0.4, -0.2) is 25.8 Å². The van der Waals surface area contributed by atoms with E-state index >= 15 is 0 Å². The summed E-state index contributed by atoms with van der Waals surface area (Å²) in [5.41, 5.74) is 7.97. The number of nitrogens with one attached hydrogen (secondary N) is 1. The molecule has 88 valence electrons. The molecule has 1 saturated heterocycles. The number of hydrogen-bond acceptors (Lipinski definition) is 3. The summed E-state index contributed by atoms with van der Waals surface area (Å²) in [6.07, 6.45) is 3.72. The molecule has 0 bridgehead atoms. The zero-order chi connectivity index (χ0) is 11.2. The lowest BCUT2D eigenvalue weighted by Gasteiger charge is -2.12. The lowest BCUT2D eigenvalue weighted by atomic mass is 10.1. The topological polar surface area (TPSA) is 47.3 Å². The molecule has 0 spiro atoms. The van der Waals surface area contributed by atoms with Gasteiger partial charge in [0.15, 0.2) is 0 Å². The van der Waals surface area contributed by atoms with Gasteiger partial charge in [0.25, 0.3) is 0 Å². The van der Waals surface area contributed by atoms with Crippen molar-refractivity contribution in [3.8, 4) is 0 Å². The van der Waals surface area contributed by atoms with Crippen LogP contribution in [0.25, 0.3) is 0 Å². The molecule has 1 unspecified atom stereocenters. The number of rotatable bonds is 5. The zero-order valence-corrected chi connectivity index (χ0v) is 9.61. The van der Waals surface area contributed by atoms with Crippen molar-refractivity contribution in [2.75, 3.05) is 25.0 Å². The van der Waals surface area contributed by atoms with E-state index in [2.05, 4.69) is 29.6 Å². The summed E-state index contributed by atoms with van der Waals surface area (Å²) in [6.45, 7) is 2.54. The van der Waals surface area contributed by atoms with Crippen molar-refractivity contribution in [2.45, 2.75) is 25.4 Å². The third-order valence-corrected chi connectivity index (χ3v) is 2.94. The maximum Gasteiger partial charge on any atom is 0.0748 e. The van der Waals surface area contributed by atoms with Gasteiger partial charge in [-0.3, -0.25) is 0 Å². The van der Waals surface area contributed by atoms with Crippen molar-refractivity contribution in [2.24, 2.45) is 5.73 Å². The summed E-state index contributed by atoms with van der Waals surface area (Å²) in [7, 11) is 0. The molecule has 1 aliphatic rings. The first-order valence-corrected chi connectivity index (χ1v) is 6.03. The van der Waals surface area contributed by atoms with Crippen molar-refractivity contribution < 1.29 is 4.74 Å². The average molecular weight is 220 g/mol. The monoisotopic (exact) mass is 220 g/mol. The fraction of sp³-hybridized carbons (Fsp3) is 0.538. The molecule has 1 atom stereocenters. The minimum atomic E-state index is 0.392. The summed E-state index contributed by atoms with van der Waals surface area (Å²) >= 11 is 0. The smallest absolute Gasteiger partial charge is 0.0748 e. The molecule has 3 heteroatoms. The van der Waals surface area contributed by atoms with E-state index in [4.69, 9.17) is 10.5 Å². The van der Waals surface area contributed by atoms with Crippen LogP contribution in [-0.2, 0) is 11.2 Å². The van der Waals surface area contributed by atoms with Crippen LogP contribution in [0.2, 0.25) is 0 Å². The average Bonchev–Trinajstić information content (AvgIpc) is 2.82. The highest BCUT2D eigenvalue weighted by Gasteiger charge is 2.14. The molecule has 0 amide bonds. The summed E-state index contributed by atoms with van der Waals surface area (Å²) in [6, 6.07) is 8.48. The second kappa shape index (κ2) is 5.87. The predicted molar refractivity (Wildman–Crippen MR) is 66.7 cm³/mol. The number of ether oxygens (including phenoxy) is 1. The Balaban J connectivity index is 1.80. The van der Waals surface area contributed by atoms with Crippen molar-refractivity contribution >= 4 is 5.69 Å². The summed E-state index contributed by atoms with van der Waals surface area (Å²) in [4.78, 5) is 0. The molecule has 1 aromatic rings. The molecule has 1 aliphatic heterocycles. The molecule has 2 rings (SSSR count). The second-order valence-electron chi connectivity index (χ2n) is 4.25. The predicted octanol–water partition coefficient (Wildman–Crippen LogP) is 1.78. The third-order valence-electron chi connectivity index (χ3n) is 2.94. The molecule has 1 aromatic carbocycles. The largest absolute Gasteiger partial charge is 0.382 e. The molecule has 3 nitrogen and oxygen atoms in total. The summed E-state index contributed by atoms with van der Waals surface area (Å²) in [5.74, 6) is 0. The van der Waals surface area contributed by atoms with Gasteiger partial charge in [-0.1, -0.05) is 12.1 Å². The van der Waals surface area contributed by atoms with Gasteiger partial charge in [-0.2, -0.15) is 0 Å². The van der Waals surface area contributed by atoms with Crippen LogP contribution in [0.5, 0.6) is 0 Å². The van der Waals surface area contributed by atoms with E-state index in [0.717, 1.165) is 25.3 Å². The van der Waals surface area contributed by atoms with Crippen LogP contribution in [0.4, 0.5) is 5.69 Å². The molecule has 1 fully saturated rings. The number of nitrogens with two attached hydrogens (primary N) is 1. The minimum absolute atomic E-state index is 0.392. The van der Waals surface area contributed by atoms with E-state index < -0.39 is 0 Å². The quantitative estimate of drug-likeness (QED) is 0.795. The molecule has 0 aromatic heterocycles. The molecule has 0 aliphatic carbocycles. The van der Waals surface area contributed by atoms with Crippen LogP contribution >= 0.6 is 0 Å². The van der Waals surface area contributed by atoms with E-state index in [0.29, 0.717) is 12.6 Å². The minimum Gasteiger partial charge on any atom is -0.382 e. The van der Waals surface area contributed by atoms with E-state index in [1.165, 1.54) is 18.4 Å². The van der Waals surface area contributed by atoms with Crippen LogP contribution in [0.1, 0.15) is 18.4 Å².